The van der Waals surface area contributed by atoms with Crippen molar-refractivity contribution in [1.29, 1.82) is 0 Å². The fraction of sp³-hybridized carbons (Fsp3) is 0.435. The summed E-state index contributed by atoms with van der Waals surface area (Å²) in [6, 6.07) is 10.9. The zero-order valence-corrected chi connectivity index (χ0v) is 23.1. The molecule has 0 saturated carbocycles. The number of hydrogen-bond donors (Lipinski definition) is 1. The summed E-state index contributed by atoms with van der Waals surface area (Å²) in [5, 5.41) is 3.42. The molecule has 9 nitrogen and oxygen atoms in total. The van der Waals surface area contributed by atoms with E-state index in [1.165, 1.54) is 30.5 Å². The number of piperidine rings is 1. The Balaban J connectivity index is 1.43. The van der Waals surface area contributed by atoms with Gasteiger partial charge >= 0.3 is 0 Å². The maximum atomic E-state index is 12.8. The highest BCUT2D eigenvalue weighted by Crippen LogP contribution is 2.29. The number of halogens is 2. The van der Waals surface area contributed by atoms with Crippen LogP contribution in [-0.2, 0) is 30.6 Å². The van der Waals surface area contributed by atoms with Gasteiger partial charge in [0, 0.05) is 48.7 Å². The average molecular weight is 579 g/mol. The van der Waals surface area contributed by atoms with Gasteiger partial charge < -0.3 is 10.1 Å². The molecular formula is C23H29Cl2N3O6S2. The highest BCUT2D eigenvalue weighted by Gasteiger charge is 2.32. The van der Waals surface area contributed by atoms with E-state index < -0.39 is 20.0 Å². The van der Waals surface area contributed by atoms with Crippen molar-refractivity contribution in [1.82, 2.24) is 13.9 Å². The first-order valence-corrected chi connectivity index (χ1v) is 15.1. The number of rotatable bonds is 10. The van der Waals surface area contributed by atoms with Gasteiger partial charge in [-0.3, -0.25) is 4.79 Å². The molecule has 1 saturated heterocycles. The molecule has 0 unspecified atom stereocenters. The molecule has 198 valence electrons. The van der Waals surface area contributed by atoms with E-state index in [4.69, 9.17) is 27.9 Å². The summed E-state index contributed by atoms with van der Waals surface area (Å²) >= 11 is 12.2. The Morgan fingerprint density at radius 3 is 2.17 bits per heavy atom. The predicted octanol–water partition coefficient (Wildman–Crippen LogP) is 2.98. The molecule has 3 rings (SSSR count). The summed E-state index contributed by atoms with van der Waals surface area (Å²) in [7, 11) is -4.21. The summed E-state index contributed by atoms with van der Waals surface area (Å²) in [6.45, 7) is 0.944. The Labute approximate surface area is 222 Å². The van der Waals surface area contributed by atoms with Gasteiger partial charge in [0.05, 0.1) is 17.2 Å². The largest absolute Gasteiger partial charge is 0.492 e. The van der Waals surface area contributed by atoms with Crippen LogP contribution in [0.3, 0.4) is 0 Å². The van der Waals surface area contributed by atoms with Crippen LogP contribution in [0.15, 0.2) is 47.4 Å². The van der Waals surface area contributed by atoms with Crippen LogP contribution in [-0.4, -0.2) is 71.7 Å². The molecule has 0 spiro atoms. The van der Waals surface area contributed by atoms with E-state index in [0.29, 0.717) is 34.2 Å². The Morgan fingerprint density at radius 2 is 1.61 bits per heavy atom. The zero-order valence-electron chi connectivity index (χ0n) is 20.0. The Kier molecular flexibility index (Phi) is 9.64. The van der Waals surface area contributed by atoms with Gasteiger partial charge in [0.1, 0.15) is 12.4 Å². The third-order valence-electron chi connectivity index (χ3n) is 5.88. The van der Waals surface area contributed by atoms with Gasteiger partial charge in [-0.1, -0.05) is 29.3 Å². The molecule has 0 radical (unpaired) electrons. The van der Waals surface area contributed by atoms with Crippen molar-refractivity contribution in [3.8, 4) is 5.75 Å². The number of ether oxygens (including phenoxy) is 1. The van der Waals surface area contributed by atoms with Gasteiger partial charge in [0.2, 0.25) is 26.0 Å². The highest BCUT2D eigenvalue weighted by atomic mass is 35.5. The summed E-state index contributed by atoms with van der Waals surface area (Å²) in [4.78, 5) is 12.7. The molecule has 0 aromatic heterocycles. The molecule has 1 N–H and O–H groups in total. The van der Waals surface area contributed by atoms with Crippen LogP contribution in [0.4, 0.5) is 0 Å². The third kappa shape index (κ3) is 7.11. The normalized spacial score (nSPS) is 15.7. The van der Waals surface area contributed by atoms with Crippen LogP contribution in [0.2, 0.25) is 10.0 Å². The lowest BCUT2D eigenvalue weighted by atomic mass is 9.97. The number of nitrogens with one attached hydrogen (secondary N) is 1. The first-order valence-electron chi connectivity index (χ1n) is 11.3. The van der Waals surface area contributed by atoms with Crippen LogP contribution in [0.1, 0.15) is 18.4 Å². The lowest BCUT2D eigenvalue weighted by Crippen LogP contribution is -2.44. The fourth-order valence-corrected chi connectivity index (χ4v) is 6.96. The first kappa shape index (κ1) is 28.7. The number of hydrogen-bond acceptors (Lipinski definition) is 6. The molecule has 1 heterocycles. The number of sulfonamides is 2. The molecule has 0 aliphatic carbocycles. The molecule has 0 atom stereocenters. The summed E-state index contributed by atoms with van der Waals surface area (Å²) in [5.41, 5.74) is 0.370. The molecule has 36 heavy (non-hydrogen) atoms. The van der Waals surface area contributed by atoms with Crippen molar-refractivity contribution in [3.63, 3.8) is 0 Å². The van der Waals surface area contributed by atoms with Crippen LogP contribution < -0.4 is 10.1 Å². The second kappa shape index (κ2) is 12.1. The fourth-order valence-electron chi connectivity index (χ4n) is 3.75. The van der Waals surface area contributed by atoms with Crippen molar-refractivity contribution in [2.24, 2.45) is 5.92 Å². The van der Waals surface area contributed by atoms with Gasteiger partial charge in [-0.15, -0.1) is 0 Å². The Hall–Kier alpha value is -1.89. The second-order valence-electron chi connectivity index (χ2n) is 8.53. The summed E-state index contributed by atoms with van der Waals surface area (Å²) in [5.74, 6) is -0.255. The number of amides is 1. The minimum absolute atomic E-state index is 0.155. The number of carbonyl (C=O) groups excluding carboxylic acids is 1. The van der Waals surface area contributed by atoms with Crippen molar-refractivity contribution in [2.45, 2.75) is 23.5 Å². The van der Waals surface area contributed by atoms with Gasteiger partial charge in [-0.2, -0.15) is 0 Å². The number of carbonyl (C=O) groups is 1. The van der Waals surface area contributed by atoms with Crippen LogP contribution in [0.5, 0.6) is 5.75 Å². The zero-order chi connectivity index (χ0) is 26.5. The SMILES string of the molecule is CN(C)S(=O)(=O)c1ccc(OCCNC(=O)C2CCN(S(=O)(=O)Cc3c(Cl)cccc3Cl)CC2)cc1. The van der Waals surface area contributed by atoms with Gasteiger partial charge in [0.15, 0.2) is 0 Å². The van der Waals surface area contributed by atoms with Crippen molar-refractivity contribution in [3.05, 3.63) is 58.1 Å². The van der Waals surface area contributed by atoms with Crippen molar-refractivity contribution >= 4 is 49.2 Å². The predicted molar refractivity (Wildman–Crippen MR) is 139 cm³/mol. The average Bonchev–Trinajstić information content (AvgIpc) is 2.84. The Morgan fingerprint density at radius 1 is 1.03 bits per heavy atom. The molecular weight excluding hydrogens is 549 g/mol. The lowest BCUT2D eigenvalue weighted by Gasteiger charge is -2.30. The number of benzene rings is 2. The maximum absolute atomic E-state index is 12.8. The van der Waals surface area contributed by atoms with E-state index in [1.54, 1.807) is 30.3 Å². The van der Waals surface area contributed by atoms with Crippen LogP contribution >= 0.6 is 23.2 Å². The van der Waals surface area contributed by atoms with Crippen molar-refractivity contribution in [2.75, 3.05) is 40.3 Å². The van der Waals surface area contributed by atoms with E-state index in [0.717, 1.165) is 4.31 Å². The first-order chi connectivity index (χ1) is 16.9. The lowest BCUT2D eigenvalue weighted by molar-refractivity contribution is -0.126. The van der Waals surface area contributed by atoms with E-state index in [2.05, 4.69) is 5.32 Å². The van der Waals surface area contributed by atoms with Gasteiger partial charge in [-0.25, -0.2) is 25.4 Å². The molecule has 2 aromatic carbocycles. The van der Waals surface area contributed by atoms with E-state index in [9.17, 15) is 21.6 Å². The molecule has 1 fully saturated rings. The molecule has 2 aromatic rings. The van der Waals surface area contributed by atoms with Gasteiger partial charge in [0.25, 0.3) is 0 Å². The molecule has 1 amide bonds. The number of nitrogens with zero attached hydrogens (tertiary/aromatic N) is 2. The highest BCUT2D eigenvalue weighted by molar-refractivity contribution is 7.89. The third-order valence-corrected chi connectivity index (χ3v) is 10.2. The van der Waals surface area contributed by atoms with Gasteiger partial charge in [-0.05, 0) is 49.2 Å². The standard InChI is InChI=1S/C23H29Cl2N3O6S2/c1-27(2)36(32,33)19-8-6-18(7-9-19)34-15-12-26-23(29)17-10-13-28(14-11-17)35(30,31)16-20-21(24)4-3-5-22(20)25/h3-9,17H,10-16H2,1-2H3,(H,26,29). The summed E-state index contributed by atoms with van der Waals surface area (Å²) < 4.78 is 58.0. The maximum Gasteiger partial charge on any atom is 0.242 e. The monoisotopic (exact) mass is 577 g/mol. The summed E-state index contributed by atoms with van der Waals surface area (Å²) in [6.07, 6.45) is 0.813. The Bertz CT molecular complexity index is 1260. The second-order valence-corrected chi connectivity index (χ2v) is 13.5. The quantitative estimate of drug-likeness (QED) is 0.434. The smallest absolute Gasteiger partial charge is 0.242 e. The van der Waals surface area contributed by atoms with E-state index in [1.807, 2.05) is 0 Å². The van der Waals surface area contributed by atoms with Crippen LogP contribution in [0.25, 0.3) is 0 Å². The topological polar surface area (TPSA) is 113 Å². The van der Waals surface area contributed by atoms with E-state index in [-0.39, 0.29) is 48.7 Å². The van der Waals surface area contributed by atoms with Crippen molar-refractivity contribution < 1.29 is 26.4 Å². The van der Waals surface area contributed by atoms with E-state index >= 15 is 0 Å². The molecule has 13 heteroatoms. The molecule has 0 bridgehead atoms. The molecule has 1 aliphatic rings. The minimum Gasteiger partial charge on any atom is -0.492 e. The molecule has 1 aliphatic heterocycles. The van der Waals surface area contributed by atoms with Crippen LogP contribution in [0, 0.1) is 5.92 Å². The minimum atomic E-state index is -3.63.